The van der Waals surface area contributed by atoms with Crippen molar-refractivity contribution in [2.75, 3.05) is 13.7 Å². The highest BCUT2D eigenvalue weighted by atomic mass is 32.2. The van der Waals surface area contributed by atoms with E-state index < -0.39 is 10.0 Å². The lowest BCUT2D eigenvalue weighted by atomic mass is 9.81. The number of nitrogens with zero attached hydrogens (tertiary/aromatic N) is 2. The number of fused-ring (bicyclic) bond motifs is 1. The van der Waals surface area contributed by atoms with Crippen molar-refractivity contribution >= 4 is 21.8 Å². The molecule has 1 aliphatic carbocycles. The van der Waals surface area contributed by atoms with Gasteiger partial charge in [0.05, 0.1) is 25.5 Å². The summed E-state index contributed by atoms with van der Waals surface area (Å²) in [4.78, 5) is 27.2. The molecule has 0 bridgehead atoms. The molecule has 0 N–H and O–H groups in total. The van der Waals surface area contributed by atoms with E-state index in [1.54, 1.807) is 18.2 Å². The Bertz CT molecular complexity index is 1130. The van der Waals surface area contributed by atoms with E-state index in [0.29, 0.717) is 18.5 Å². The van der Waals surface area contributed by atoms with Crippen LogP contribution in [0.1, 0.15) is 50.2 Å². The van der Waals surface area contributed by atoms with Crippen LogP contribution in [0.25, 0.3) is 0 Å². The zero-order valence-corrected chi connectivity index (χ0v) is 20.6. The fourth-order valence-electron chi connectivity index (χ4n) is 5.05. The normalized spacial score (nSPS) is 20.6. The van der Waals surface area contributed by atoms with Gasteiger partial charge in [0.15, 0.2) is 0 Å². The Labute approximate surface area is 201 Å². The molecule has 2 aromatic rings. The fourth-order valence-corrected chi connectivity index (χ4v) is 6.78. The van der Waals surface area contributed by atoms with Crippen LogP contribution in [0.15, 0.2) is 53.4 Å². The number of amides is 2. The molecule has 0 radical (unpaired) electrons. The summed E-state index contributed by atoms with van der Waals surface area (Å²) in [6.07, 6.45) is 4.09. The first-order valence-corrected chi connectivity index (χ1v) is 13.4. The number of carbonyl (C=O) groups is 2. The number of likely N-dealkylation sites (tertiary alicyclic amines) is 1. The summed E-state index contributed by atoms with van der Waals surface area (Å²) >= 11 is 0. The van der Waals surface area contributed by atoms with E-state index in [-0.39, 0.29) is 47.4 Å². The number of carbonyl (C=O) groups excluding carboxylic acids is 2. The topological polar surface area (TPSA) is 84.0 Å². The second-order valence-electron chi connectivity index (χ2n) is 9.07. The lowest BCUT2D eigenvalue weighted by Gasteiger charge is -2.24. The molecule has 2 aliphatic rings. The molecule has 0 aromatic heterocycles. The summed E-state index contributed by atoms with van der Waals surface area (Å²) in [5.74, 6) is -0.480. The molecule has 1 saturated heterocycles. The Hall–Kier alpha value is -2.71. The van der Waals surface area contributed by atoms with E-state index in [4.69, 9.17) is 4.74 Å². The van der Waals surface area contributed by atoms with Crippen LogP contribution < -0.4 is 4.74 Å². The van der Waals surface area contributed by atoms with Gasteiger partial charge in [0.2, 0.25) is 21.8 Å². The third kappa shape index (κ3) is 4.74. The maximum Gasteiger partial charge on any atom is 0.247 e. The molecule has 2 unspecified atom stereocenters. The minimum Gasteiger partial charge on any atom is -0.495 e. The van der Waals surface area contributed by atoms with E-state index in [2.05, 4.69) is 0 Å². The number of hydrogen-bond donors (Lipinski definition) is 0. The molecule has 7 nitrogen and oxygen atoms in total. The molecule has 0 spiro atoms. The number of sulfonamides is 1. The molecular weight excluding hydrogens is 452 g/mol. The van der Waals surface area contributed by atoms with Crippen LogP contribution in [0.3, 0.4) is 0 Å². The molecule has 4 rings (SSSR count). The predicted octanol–water partition coefficient (Wildman–Crippen LogP) is 3.97. The summed E-state index contributed by atoms with van der Waals surface area (Å²) in [6.45, 7) is 2.61. The molecule has 1 aliphatic heterocycles. The van der Waals surface area contributed by atoms with Crippen LogP contribution in [-0.2, 0) is 32.7 Å². The first-order valence-electron chi connectivity index (χ1n) is 11.9. The van der Waals surface area contributed by atoms with Crippen LogP contribution in [0.2, 0.25) is 0 Å². The Kier molecular flexibility index (Phi) is 7.38. The van der Waals surface area contributed by atoms with Gasteiger partial charge in [-0.1, -0.05) is 56.2 Å². The minimum absolute atomic E-state index is 0.0494. The molecule has 34 heavy (non-hydrogen) atoms. The van der Waals surface area contributed by atoms with Gasteiger partial charge in [-0.2, -0.15) is 4.31 Å². The minimum atomic E-state index is -3.89. The number of methoxy groups -OCH3 is 1. The zero-order valence-electron chi connectivity index (χ0n) is 19.8. The van der Waals surface area contributed by atoms with Gasteiger partial charge >= 0.3 is 0 Å². The third-order valence-corrected chi connectivity index (χ3v) is 8.66. The first-order chi connectivity index (χ1) is 16.4. The van der Waals surface area contributed by atoms with E-state index in [1.807, 2.05) is 37.3 Å². The molecule has 8 heteroatoms. The number of rotatable bonds is 9. The van der Waals surface area contributed by atoms with Crippen molar-refractivity contribution in [3.05, 3.63) is 59.7 Å². The Morgan fingerprint density at radius 3 is 2.21 bits per heavy atom. The van der Waals surface area contributed by atoms with Crippen LogP contribution in [0.4, 0.5) is 0 Å². The second-order valence-corrected chi connectivity index (χ2v) is 11.0. The fraction of sp³-hybridized carbons (Fsp3) is 0.462. The molecule has 2 atom stereocenters. The molecule has 1 saturated carbocycles. The van der Waals surface area contributed by atoms with Crippen molar-refractivity contribution in [2.45, 2.75) is 57.0 Å². The third-order valence-electron chi connectivity index (χ3n) is 6.79. The molecule has 182 valence electrons. The van der Waals surface area contributed by atoms with Gasteiger partial charge in [0, 0.05) is 13.1 Å². The van der Waals surface area contributed by atoms with Gasteiger partial charge in [-0.3, -0.25) is 14.5 Å². The SMILES string of the molecule is CCCN(Cc1ccccc1)S(=O)(=O)c1cc(CN2C(=O)C3CCCCC3C2=O)ccc1OC. The van der Waals surface area contributed by atoms with Crippen LogP contribution >= 0.6 is 0 Å². The quantitative estimate of drug-likeness (QED) is 0.503. The van der Waals surface area contributed by atoms with Crippen LogP contribution in [0, 0.1) is 11.8 Å². The van der Waals surface area contributed by atoms with Crippen LogP contribution in [0.5, 0.6) is 5.75 Å². The van der Waals surface area contributed by atoms with Crippen molar-refractivity contribution in [1.29, 1.82) is 0 Å². The highest BCUT2D eigenvalue weighted by Gasteiger charge is 2.48. The van der Waals surface area contributed by atoms with Gasteiger partial charge in [0.25, 0.3) is 0 Å². The summed E-state index contributed by atoms with van der Waals surface area (Å²) in [7, 11) is -2.45. The van der Waals surface area contributed by atoms with Crippen molar-refractivity contribution < 1.29 is 22.7 Å². The van der Waals surface area contributed by atoms with Crippen molar-refractivity contribution in [3.63, 3.8) is 0 Å². The van der Waals surface area contributed by atoms with Gasteiger partial charge in [0.1, 0.15) is 10.6 Å². The van der Waals surface area contributed by atoms with Gasteiger partial charge in [-0.15, -0.1) is 0 Å². The van der Waals surface area contributed by atoms with Gasteiger partial charge in [-0.05, 0) is 42.5 Å². The first kappa shape index (κ1) is 24.4. The lowest BCUT2D eigenvalue weighted by molar-refractivity contribution is -0.140. The zero-order chi connectivity index (χ0) is 24.3. The number of hydrogen-bond acceptors (Lipinski definition) is 5. The monoisotopic (exact) mass is 484 g/mol. The maximum absolute atomic E-state index is 13.7. The van der Waals surface area contributed by atoms with Gasteiger partial charge in [-0.25, -0.2) is 8.42 Å². The van der Waals surface area contributed by atoms with Crippen molar-refractivity contribution in [1.82, 2.24) is 9.21 Å². The molecular formula is C26H32N2O5S. The second kappa shape index (κ2) is 10.3. The summed E-state index contributed by atoms with van der Waals surface area (Å²) in [5, 5.41) is 0. The highest BCUT2D eigenvalue weighted by molar-refractivity contribution is 7.89. The number of ether oxygens (including phenoxy) is 1. The molecule has 2 fully saturated rings. The molecule has 2 amide bonds. The van der Waals surface area contributed by atoms with Gasteiger partial charge < -0.3 is 4.74 Å². The van der Waals surface area contributed by atoms with Crippen molar-refractivity contribution in [3.8, 4) is 5.75 Å². The molecule has 2 aromatic carbocycles. The number of benzene rings is 2. The highest BCUT2D eigenvalue weighted by Crippen LogP contribution is 2.39. The average molecular weight is 485 g/mol. The Morgan fingerprint density at radius 2 is 1.62 bits per heavy atom. The van der Waals surface area contributed by atoms with Crippen molar-refractivity contribution in [2.24, 2.45) is 11.8 Å². The Balaban J connectivity index is 1.63. The van der Waals surface area contributed by atoms with E-state index >= 15 is 0 Å². The Morgan fingerprint density at radius 1 is 0.971 bits per heavy atom. The smallest absolute Gasteiger partial charge is 0.247 e. The summed E-state index contributed by atoms with van der Waals surface area (Å²) in [6, 6.07) is 14.3. The summed E-state index contributed by atoms with van der Waals surface area (Å²) in [5.41, 5.74) is 1.49. The maximum atomic E-state index is 13.7. The van der Waals surface area contributed by atoms with E-state index in [1.165, 1.54) is 16.3 Å². The van der Waals surface area contributed by atoms with E-state index in [9.17, 15) is 18.0 Å². The van der Waals surface area contributed by atoms with E-state index in [0.717, 1.165) is 31.2 Å². The standard InChI is InChI=1S/C26H32N2O5S/c1-3-15-27(17-19-9-5-4-6-10-19)34(31,32)24-16-20(13-14-23(24)33-2)18-28-25(29)21-11-7-8-12-22(21)26(28)30/h4-6,9-10,13-14,16,21-22H,3,7-8,11-12,15,17-18H2,1-2H3. The van der Waals surface area contributed by atoms with Crippen LogP contribution in [-0.4, -0.2) is 43.1 Å². The largest absolute Gasteiger partial charge is 0.495 e. The average Bonchev–Trinajstić information content (AvgIpc) is 3.09. The molecule has 1 heterocycles. The predicted molar refractivity (Wildman–Crippen MR) is 128 cm³/mol. The summed E-state index contributed by atoms with van der Waals surface area (Å²) < 4.78 is 34.3. The lowest BCUT2D eigenvalue weighted by Crippen LogP contribution is -2.32. The number of imide groups is 1.